The van der Waals surface area contributed by atoms with Crippen molar-refractivity contribution < 1.29 is 9.53 Å². The van der Waals surface area contributed by atoms with Crippen LogP contribution >= 0.6 is 0 Å². The van der Waals surface area contributed by atoms with E-state index < -0.39 is 0 Å². The number of aromatic nitrogens is 1. The van der Waals surface area contributed by atoms with Crippen LogP contribution in [-0.2, 0) is 0 Å². The summed E-state index contributed by atoms with van der Waals surface area (Å²) < 4.78 is 5.72. The van der Waals surface area contributed by atoms with Crippen molar-refractivity contribution >= 4 is 5.91 Å². The van der Waals surface area contributed by atoms with E-state index in [0.29, 0.717) is 17.4 Å². The maximum Gasteiger partial charge on any atom is 0.269 e. The molecule has 2 rings (SSSR count). The zero-order valence-electron chi connectivity index (χ0n) is 10.5. The first-order chi connectivity index (χ1) is 8.69. The number of hydrogen-bond donors (Lipinski definition) is 1. The summed E-state index contributed by atoms with van der Waals surface area (Å²) in [5, 5.41) is 2.53. The minimum atomic E-state index is -0.220. The molecule has 4 heteroatoms. The molecule has 0 aliphatic heterocycles. The maximum atomic E-state index is 11.5. The highest BCUT2D eigenvalue weighted by molar-refractivity contribution is 5.92. The molecule has 1 unspecified atom stereocenters. The fourth-order valence-electron chi connectivity index (χ4n) is 1.73. The summed E-state index contributed by atoms with van der Waals surface area (Å²) in [5.41, 5.74) is 0.350. The molecule has 18 heavy (non-hydrogen) atoms. The van der Waals surface area contributed by atoms with Crippen LogP contribution in [0.15, 0.2) is 42.3 Å². The molecule has 1 N–H and O–H groups in total. The normalized spacial score (nSPS) is 18.1. The van der Waals surface area contributed by atoms with Crippen molar-refractivity contribution in [2.24, 2.45) is 5.92 Å². The van der Waals surface area contributed by atoms with Crippen molar-refractivity contribution in [3.05, 3.63) is 48.0 Å². The lowest BCUT2D eigenvalue weighted by atomic mass is 10.0. The van der Waals surface area contributed by atoms with Gasteiger partial charge < -0.3 is 10.1 Å². The fourth-order valence-corrected chi connectivity index (χ4v) is 1.73. The van der Waals surface area contributed by atoms with Crippen LogP contribution in [0.2, 0.25) is 0 Å². The first-order valence-electron chi connectivity index (χ1n) is 5.93. The first-order valence-corrected chi connectivity index (χ1v) is 5.93. The zero-order chi connectivity index (χ0) is 13.0. The Balaban J connectivity index is 2.15. The van der Waals surface area contributed by atoms with Gasteiger partial charge in [0.15, 0.2) is 0 Å². The van der Waals surface area contributed by atoms with E-state index in [1.54, 1.807) is 25.4 Å². The van der Waals surface area contributed by atoms with Crippen LogP contribution in [0.4, 0.5) is 0 Å². The van der Waals surface area contributed by atoms with Crippen LogP contribution in [0.3, 0.4) is 0 Å². The standard InChI is InChI=1S/C14H16N2O2/c1-10-4-3-5-11(8-10)18-12-6-7-16-13(9-12)14(17)15-2/h3,5-10H,4H2,1-2H3,(H,15,17). The number of carbonyl (C=O) groups is 1. The van der Waals surface area contributed by atoms with E-state index in [4.69, 9.17) is 4.74 Å². The minimum Gasteiger partial charge on any atom is -0.458 e. The highest BCUT2D eigenvalue weighted by Crippen LogP contribution is 2.20. The molecule has 0 bridgehead atoms. The van der Waals surface area contributed by atoms with Gasteiger partial charge in [0.05, 0.1) is 0 Å². The van der Waals surface area contributed by atoms with Crippen molar-refractivity contribution in [2.75, 3.05) is 7.05 Å². The monoisotopic (exact) mass is 244 g/mol. The molecule has 1 atom stereocenters. The molecule has 0 saturated carbocycles. The van der Waals surface area contributed by atoms with Gasteiger partial charge >= 0.3 is 0 Å². The number of amides is 1. The molecule has 1 aliphatic carbocycles. The van der Waals surface area contributed by atoms with E-state index in [2.05, 4.69) is 29.4 Å². The molecule has 1 amide bonds. The van der Waals surface area contributed by atoms with E-state index in [9.17, 15) is 4.79 Å². The molecule has 0 fully saturated rings. The second-order valence-corrected chi connectivity index (χ2v) is 4.24. The summed E-state index contributed by atoms with van der Waals surface area (Å²) in [5.74, 6) is 1.68. The number of allylic oxidation sites excluding steroid dienone is 3. The number of rotatable bonds is 3. The van der Waals surface area contributed by atoms with Crippen molar-refractivity contribution in [1.82, 2.24) is 10.3 Å². The van der Waals surface area contributed by atoms with E-state index in [1.165, 1.54) is 0 Å². The third-order valence-electron chi connectivity index (χ3n) is 2.67. The summed E-state index contributed by atoms with van der Waals surface area (Å²) >= 11 is 0. The molecule has 0 spiro atoms. The smallest absolute Gasteiger partial charge is 0.269 e. The highest BCUT2D eigenvalue weighted by Gasteiger charge is 2.09. The van der Waals surface area contributed by atoms with Crippen LogP contribution in [0.5, 0.6) is 5.75 Å². The lowest BCUT2D eigenvalue weighted by molar-refractivity contribution is 0.0958. The molecular formula is C14H16N2O2. The van der Waals surface area contributed by atoms with Gasteiger partial charge in [-0.3, -0.25) is 9.78 Å². The largest absolute Gasteiger partial charge is 0.458 e. The van der Waals surface area contributed by atoms with E-state index in [0.717, 1.165) is 12.2 Å². The molecule has 1 heterocycles. The van der Waals surface area contributed by atoms with Crippen molar-refractivity contribution in [3.8, 4) is 5.75 Å². The number of hydrogen-bond acceptors (Lipinski definition) is 3. The Hall–Kier alpha value is -2.10. The predicted molar refractivity (Wildman–Crippen MR) is 69.3 cm³/mol. The molecule has 0 saturated heterocycles. The Morgan fingerprint density at radius 1 is 1.56 bits per heavy atom. The van der Waals surface area contributed by atoms with Crippen molar-refractivity contribution in [3.63, 3.8) is 0 Å². The number of nitrogens with one attached hydrogen (secondary N) is 1. The quantitative estimate of drug-likeness (QED) is 0.887. The number of nitrogens with zero attached hydrogens (tertiary/aromatic N) is 1. The van der Waals surface area contributed by atoms with Gasteiger partial charge in [0.2, 0.25) is 0 Å². The molecule has 0 radical (unpaired) electrons. The van der Waals surface area contributed by atoms with Gasteiger partial charge in [0.25, 0.3) is 5.91 Å². The number of ether oxygens (including phenoxy) is 1. The van der Waals surface area contributed by atoms with E-state index in [-0.39, 0.29) is 5.91 Å². The summed E-state index contributed by atoms with van der Waals surface area (Å²) in [6.45, 7) is 2.13. The Morgan fingerprint density at radius 3 is 3.11 bits per heavy atom. The van der Waals surface area contributed by atoms with Crippen molar-refractivity contribution in [2.45, 2.75) is 13.3 Å². The van der Waals surface area contributed by atoms with Gasteiger partial charge in [0, 0.05) is 19.3 Å². The Labute approximate surface area is 106 Å². The average Bonchev–Trinajstić information content (AvgIpc) is 2.38. The lowest BCUT2D eigenvalue weighted by Crippen LogP contribution is -2.19. The Morgan fingerprint density at radius 2 is 2.39 bits per heavy atom. The van der Waals surface area contributed by atoms with Crippen LogP contribution in [0, 0.1) is 5.92 Å². The van der Waals surface area contributed by atoms with Crippen LogP contribution in [0.25, 0.3) is 0 Å². The number of pyridine rings is 1. The van der Waals surface area contributed by atoms with Gasteiger partial charge in [-0.15, -0.1) is 0 Å². The van der Waals surface area contributed by atoms with Crippen LogP contribution in [0.1, 0.15) is 23.8 Å². The van der Waals surface area contributed by atoms with E-state index in [1.807, 2.05) is 6.08 Å². The molecular weight excluding hydrogens is 228 g/mol. The molecule has 94 valence electrons. The summed E-state index contributed by atoms with van der Waals surface area (Å²) in [4.78, 5) is 15.4. The SMILES string of the molecule is CNC(=O)c1cc(OC2=CC(C)CC=C2)ccn1. The fraction of sp³-hybridized carbons (Fsp3) is 0.286. The molecule has 0 aromatic carbocycles. The highest BCUT2D eigenvalue weighted by atomic mass is 16.5. The van der Waals surface area contributed by atoms with Gasteiger partial charge in [0.1, 0.15) is 17.2 Å². The zero-order valence-corrected chi connectivity index (χ0v) is 10.5. The van der Waals surface area contributed by atoms with Gasteiger partial charge in [-0.1, -0.05) is 13.0 Å². The molecule has 1 aromatic heterocycles. The lowest BCUT2D eigenvalue weighted by Gasteiger charge is -2.13. The second-order valence-electron chi connectivity index (χ2n) is 4.24. The second kappa shape index (κ2) is 5.49. The Bertz CT molecular complexity index is 506. The maximum absolute atomic E-state index is 11.5. The summed E-state index contributed by atoms with van der Waals surface area (Å²) in [7, 11) is 1.58. The van der Waals surface area contributed by atoms with Crippen molar-refractivity contribution in [1.29, 1.82) is 0 Å². The average molecular weight is 244 g/mol. The molecule has 4 nitrogen and oxygen atoms in total. The third kappa shape index (κ3) is 2.97. The number of carbonyl (C=O) groups excluding carboxylic acids is 1. The Kier molecular flexibility index (Phi) is 3.77. The third-order valence-corrected chi connectivity index (χ3v) is 2.67. The first kappa shape index (κ1) is 12.4. The van der Waals surface area contributed by atoms with E-state index >= 15 is 0 Å². The summed E-state index contributed by atoms with van der Waals surface area (Å²) in [6, 6.07) is 3.37. The van der Waals surface area contributed by atoms with Crippen LogP contribution < -0.4 is 10.1 Å². The minimum absolute atomic E-state index is 0.220. The van der Waals surface area contributed by atoms with Crippen LogP contribution in [-0.4, -0.2) is 17.9 Å². The molecule has 1 aliphatic rings. The van der Waals surface area contributed by atoms with Gasteiger partial charge in [-0.05, 0) is 30.6 Å². The summed E-state index contributed by atoms with van der Waals surface area (Å²) in [6.07, 6.45) is 8.70. The van der Waals surface area contributed by atoms with Gasteiger partial charge in [-0.2, -0.15) is 0 Å². The topological polar surface area (TPSA) is 51.2 Å². The molecule has 1 aromatic rings. The predicted octanol–water partition coefficient (Wildman–Crippen LogP) is 2.30. The van der Waals surface area contributed by atoms with Gasteiger partial charge in [-0.25, -0.2) is 0 Å².